The van der Waals surface area contributed by atoms with Crippen LogP contribution in [0.15, 0.2) is 60.9 Å². The lowest BCUT2D eigenvalue weighted by Crippen LogP contribution is -2.32. The van der Waals surface area contributed by atoms with Crippen LogP contribution in [0.4, 0.5) is 5.69 Å². The third-order valence-corrected chi connectivity index (χ3v) is 5.86. The van der Waals surface area contributed by atoms with Gasteiger partial charge in [-0.25, -0.2) is 0 Å². The van der Waals surface area contributed by atoms with E-state index in [0.29, 0.717) is 18.0 Å². The Hall–Kier alpha value is -2.92. The highest BCUT2D eigenvalue weighted by Crippen LogP contribution is 2.29. The molecule has 1 aromatic heterocycles. The number of likely N-dealkylation sites (tertiary alicyclic amines) is 1. The zero-order valence-electron chi connectivity index (χ0n) is 16.9. The normalized spacial score (nSPS) is 15.5. The zero-order valence-corrected chi connectivity index (χ0v) is 16.9. The second-order valence-corrected chi connectivity index (χ2v) is 7.99. The van der Waals surface area contributed by atoms with Gasteiger partial charge in [0.2, 0.25) is 0 Å². The maximum atomic E-state index is 12.6. The zero-order chi connectivity index (χ0) is 20.2. The number of ketones is 1. The van der Waals surface area contributed by atoms with Crippen molar-refractivity contribution in [2.24, 2.45) is 7.05 Å². The van der Waals surface area contributed by atoms with E-state index in [-0.39, 0.29) is 5.78 Å². The monoisotopic (exact) mass is 388 g/mol. The summed E-state index contributed by atoms with van der Waals surface area (Å²) < 4.78 is 1.86. The number of para-hydroxylation sites is 1. The molecule has 0 atom stereocenters. The SMILES string of the molecule is Cn1cc(CN2CCC(c3ccc(C(=O)Cc4ccccc4N)cc3)CC2)cn1. The number of nitrogens with two attached hydrogens (primary N) is 1. The largest absolute Gasteiger partial charge is 0.398 e. The molecule has 0 aliphatic carbocycles. The van der Waals surface area contributed by atoms with Crippen molar-refractivity contribution in [3.05, 3.63) is 83.2 Å². The van der Waals surface area contributed by atoms with Gasteiger partial charge >= 0.3 is 0 Å². The summed E-state index contributed by atoms with van der Waals surface area (Å²) in [5.41, 5.74) is 10.9. The molecule has 1 aliphatic rings. The first-order chi connectivity index (χ1) is 14.1. The van der Waals surface area contributed by atoms with E-state index >= 15 is 0 Å². The Morgan fingerprint density at radius 3 is 2.48 bits per heavy atom. The average molecular weight is 389 g/mol. The van der Waals surface area contributed by atoms with Crippen molar-refractivity contribution in [2.75, 3.05) is 18.8 Å². The maximum Gasteiger partial charge on any atom is 0.167 e. The first kappa shape index (κ1) is 19.4. The molecule has 0 unspecified atom stereocenters. The van der Waals surface area contributed by atoms with E-state index in [2.05, 4.69) is 28.3 Å². The fourth-order valence-electron chi connectivity index (χ4n) is 4.15. The maximum absolute atomic E-state index is 12.6. The number of aromatic nitrogens is 2. The predicted octanol–water partition coefficient (Wildman–Crippen LogP) is 3.81. The molecule has 0 radical (unpaired) electrons. The van der Waals surface area contributed by atoms with E-state index in [1.807, 2.05) is 54.3 Å². The molecule has 2 aromatic carbocycles. The molecule has 0 amide bonds. The van der Waals surface area contributed by atoms with E-state index < -0.39 is 0 Å². The van der Waals surface area contributed by atoms with Crippen molar-refractivity contribution in [1.29, 1.82) is 0 Å². The molecular weight excluding hydrogens is 360 g/mol. The summed E-state index contributed by atoms with van der Waals surface area (Å²) in [6.07, 6.45) is 6.68. The van der Waals surface area contributed by atoms with Gasteiger partial charge in [0.15, 0.2) is 5.78 Å². The number of Topliss-reactive ketones (excluding diaryl/α,β-unsaturated/α-hetero) is 1. The van der Waals surface area contributed by atoms with E-state index in [1.54, 1.807) is 0 Å². The Morgan fingerprint density at radius 1 is 1.10 bits per heavy atom. The molecule has 0 bridgehead atoms. The Balaban J connectivity index is 1.32. The summed E-state index contributed by atoms with van der Waals surface area (Å²) in [6.45, 7) is 3.15. The van der Waals surface area contributed by atoms with Gasteiger partial charge < -0.3 is 5.73 Å². The number of hydrogen-bond acceptors (Lipinski definition) is 4. The summed E-state index contributed by atoms with van der Waals surface area (Å²) in [5.74, 6) is 0.676. The van der Waals surface area contributed by atoms with Crippen molar-refractivity contribution in [2.45, 2.75) is 31.7 Å². The molecule has 3 aromatic rings. The third-order valence-electron chi connectivity index (χ3n) is 5.86. The van der Waals surface area contributed by atoms with Crippen LogP contribution >= 0.6 is 0 Å². The minimum absolute atomic E-state index is 0.112. The van der Waals surface area contributed by atoms with Crippen molar-refractivity contribution in [3.8, 4) is 0 Å². The predicted molar refractivity (Wildman–Crippen MR) is 116 cm³/mol. The smallest absolute Gasteiger partial charge is 0.167 e. The lowest BCUT2D eigenvalue weighted by atomic mass is 9.88. The topological polar surface area (TPSA) is 64.2 Å². The van der Waals surface area contributed by atoms with Gasteiger partial charge in [-0.3, -0.25) is 14.4 Å². The standard InChI is InChI=1S/C24H28N4O/c1-27-16-18(15-26-27)17-28-12-10-20(11-13-28)19-6-8-21(9-7-19)24(29)14-22-4-2-3-5-23(22)25/h2-9,15-16,20H,10-14,17,25H2,1H3. The number of carbonyl (C=O) groups is 1. The van der Waals surface area contributed by atoms with Crippen LogP contribution in [0.2, 0.25) is 0 Å². The quantitative estimate of drug-likeness (QED) is 0.515. The minimum Gasteiger partial charge on any atom is -0.398 e. The van der Waals surface area contributed by atoms with E-state index in [9.17, 15) is 4.79 Å². The van der Waals surface area contributed by atoms with Crippen LogP contribution < -0.4 is 5.73 Å². The van der Waals surface area contributed by atoms with E-state index in [0.717, 1.165) is 43.6 Å². The second kappa shape index (κ2) is 8.62. The lowest BCUT2D eigenvalue weighted by molar-refractivity contribution is 0.0993. The Bertz CT molecular complexity index is 969. The summed E-state index contributed by atoms with van der Waals surface area (Å²) in [4.78, 5) is 15.1. The Kier molecular flexibility index (Phi) is 5.76. The van der Waals surface area contributed by atoms with Gasteiger partial charge in [0.1, 0.15) is 0 Å². The molecule has 1 fully saturated rings. The fraction of sp³-hybridized carbons (Fsp3) is 0.333. The van der Waals surface area contributed by atoms with Crippen molar-refractivity contribution < 1.29 is 4.79 Å². The van der Waals surface area contributed by atoms with E-state index in [1.165, 1.54) is 11.1 Å². The first-order valence-corrected chi connectivity index (χ1v) is 10.2. The highest BCUT2D eigenvalue weighted by Gasteiger charge is 2.21. The molecule has 29 heavy (non-hydrogen) atoms. The number of aryl methyl sites for hydroxylation is 1. The fourth-order valence-corrected chi connectivity index (χ4v) is 4.15. The third kappa shape index (κ3) is 4.74. The number of nitrogen functional groups attached to an aromatic ring is 1. The molecule has 5 heteroatoms. The lowest BCUT2D eigenvalue weighted by Gasteiger charge is -2.32. The van der Waals surface area contributed by atoms with Crippen LogP contribution in [0.5, 0.6) is 0 Å². The molecule has 0 spiro atoms. The average Bonchev–Trinajstić information content (AvgIpc) is 3.15. The number of carbonyl (C=O) groups excluding carboxylic acids is 1. The van der Waals surface area contributed by atoms with Crippen LogP contribution in [0.3, 0.4) is 0 Å². The summed E-state index contributed by atoms with van der Waals surface area (Å²) in [5, 5.41) is 4.25. The molecule has 1 aliphatic heterocycles. The molecule has 0 saturated carbocycles. The molecule has 2 heterocycles. The van der Waals surface area contributed by atoms with Crippen molar-refractivity contribution >= 4 is 11.5 Å². The minimum atomic E-state index is 0.112. The molecular formula is C24H28N4O. The van der Waals surface area contributed by atoms with Crippen LogP contribution in [-0.4, -0.2) is 33.6 Å². The van der Waals surface area contributed by atoms with Crippen LogP contribution in [0, 0.1) is 0 Å². The number of piperidine rings is 1. The highest BCUT2D eigenvalue weighted by molar-refractivity contribution is 5.98. The first-order valence-electron chi connectivity index (χ1n) is 10.2. The van der Waals surface area contributed by atoms with Crippen molar-refractivity contribution in [3.63, 3.8) is 0 Å². The molecule has 5 nitrogen and oxygen atoms in total. The van der Waals surface area contributed by atoms with Crippen LogP contribution in [0.25, 0.3) is 0 Å². The summed E-state index contributed by atoms with van der Waals surface area (Å²) >= 11 is 0. The van der Waals surface area contributed by atoms with Gasteiger partial charge in [0.05, 0.1) is 6.20 Å². The number of nitrogens with zero attached hydrogens (tertiary/aromatic N) is 3. The second-order valence-electron chi connectivity index (χ2n) is 7.99. The van der Waals surface area contributed by atoms with Gasteiger partial charge in [-0.15, -0.1) is 0 Å². The van der Waals surface area contributed by atoms with Crippen molar-refractivity contribution in [1.82, 2.24) is 14.7 Å². The Labute approximate surface area is 172 Å². The van der Waals surface area contributed by atoms with E-state index in [4.69, 9.17) is 5.73 Å². The van der Waals surface area contributed by atoms with Crippen LogP contribution in [-0.2, 0) is 20.0 Å². The highest BCUT2D eigenvalue weighted by atomic mass is 16.1. The van der Waals surface area contributed by atoms with Gasteiger partial charge in [-0.1, -0.05) is 42.5 Å². The number of benzene rings is 2. The van der Waals surface area contributed by atoms with Gasteiger partial charge in [-0.05, 0) is 49.0 Å². The van der Waals surface area contributed by atoms with Gasteiger partial charge in [-0.2, -0.15) is 5.10 Å². The van der Waals surface area contributed by atoms with Gasteiger partial charge in [0, 0.05) is 43.0 Å². The number of anilines is 1. The van der Waals surface area contributed by atoms with Gasteiger partial charge in [0.25, 0.3) is 0 Å². The molecule has 4 rings (SSSR count). The number of rotatable bonds is 6. The molecule has 2 N–H and O–H groups in total. The summed E-state index contributed by atoms with van der Waals surface area (Å²) in [7, 11) is 1.96. The van der Waals surface area contributed by atoms with Crippen LogP contribution in [0.1, 0.15) is 45.8 Å². The molecule has 1 saturated heterocycles. The molecule has 150 valence electrons. The summed E-state index contributed by atoms with van der Waals surface area (Å²) in [6, 6.07) is 15.8. The Morgan fingerprint density at radius 2 is 1.83 bits per heavy atom. The number of hydrogen-bond donors (Lipinski definition) is 1.